The van der Waals surface area contributed by atoms with Crippen molar-refractivity contribution in [2.45, 2.75) is 13.8 Å². The maximum atomic E-state index is 5.00. The highest BCUT2D eigenvalue weighted by Crippen LogP contribution is 2.08. The molecule has 0 spiro atoms. The molecule has 6 heteroatoms. The van der Waals surface area contributed by atoms with Crippen LogP contribution in [-0.2, 0) is 4.84 Å². The van der Waals surface area contributed by atoms with Crippen LogP contribution < -0.4 is 0 Å². The molecule has 0 N–H and O–H groups in total. The molecular formula is C11H13N5O. The minimum Gasteiger partial charge on any atom is -0.396 e. The molecule has 1 heterocycles. The van der Waals surface area contributed by atoms with Crippen LogP contribution in [-0.4, -0.2) is 32.5 Å². The van der Waals surface area contributed by atoms with Crippen molar-refractivity contribution in [1.82, 2.24) is 20.2 Å². The van der Waals surface area contributed by atoms with Crippen LogP contribution in [0.15, 0.2) is 35.7 Å². The average molecular weight is 231 g/mol. The number of tetrazole rings is 1. The Bertz CT molecular complexity index is 489. The van der Waals surface area contributed by atoms with Gasteiger partial charge in [-0.3, -0.25) is 0 Å². The second-order valence-electron chi connectivity index (χ2n) is 3.40. The van der Waals surface area contributed by atoms with Crippen molar-refractivity contribution < 1.29 is 4.84 Å². The Labute approximate surface area is 98.9 Å². The van der Waals surface area contributed by atoms with Gasteiger partial charge >= 0.3 is 0 Å². The Morgan fingerprint density at radius 3 is 2.71 bits per heavy atom. The van der Waals surface area contributed by atoms with Gasteiger partial charge in [-0.1, -0.05) is 17.3 Å². The van der Waals surface area contributed by atoms with Gasteiger partial charge in [-0.05, 0) is 42.0 Å². The third-order valence-electron chi connectivity index (χ3n) is 2.23. The molecule has 0 saturated heterocycles. The lowest BCUT2D eigenvalue weighted by Crippen LogP contribution is -1.99. The average Bonchev–Trinajstić information content (AvgIpc) is 2.90. The predicted molar refractivity (Wildman–Crippen MR) is 63.0 cm³/mol. The molecule has 1 aromatic heterocycles. The van der Waals surface area contributed by atoms with Crippen LogP contribution in [0, 0.1) is 0 Å². The fourth-order valence-corrected chi connectivity index (χ4v) is 1.35. The van der Waals surface area contributed by atoms with Crippen molar-refractivity contribution in [1.29, 1.82) is 0 Å². The van der Waals surface area contributed by atoms with Crippen LogP contribution in [0.4, 0.5) is 0 Å². The second kappa shape index (κ2) is 5.20. The molecule has 0 amide bonds. The molecule has 0 aliphatic heterocycles. The fraction of sp³-hybridized carbons (Fsp3) is 0.273. The summed E-state index contributed by atoms with van der Waals surface area (Å²) in [5, 5.41) is 15.0. The van der Waals surface area contributed by atoms with E-state index in [1.807, 2.05) is 38.1 Å². The molecule has 2 rings (SSSR count). The van der Waals surface area contributed by atoms with Crippen molar-refractivity contribution in [3.05, 3.63) is 36.2 Å². The maximum absolute atomic E-state index is 5.00. The van der Waals surface area contributed by atoms with E-state index in [2.05, 4.69) is 20.7 Å². The molecule has 0 atom stereocenters. The summed E-state index contributed by atoms with van der Waals surface area (Å²) in [6.45, 7) is 4.37. The predicted octanol–water partition coefficient (Wildman–Crippen LogP) is 1.42. The molecule has 88 valence electrons. The molecule has 0 aliphatic carbocycles. The maximum Gasteiger partial charge on any atom is 0.143 e. The van der Waals surface area contributed by atoms with Gasteiger partial charge < -0.3 is 4.84 Å². The van der Waals surface area contributed by atoms with Crippen molar-refractivity contribution >= 4 is 5.71 Å². The molecule has 2 aromatic rings. The van der Waals surface area contributed by atoms with Crippen LogP contribution in [0.3, 0.4) is 0 Å². The lowest BCUT2D eigenvalue weighted by atomic mass is 10.1. The summed E-state index contributed by atoms with van der Waals surface area (Å²) in [5.74, 6) is 0. The minimum atomic E-state index is 0.569. The zero-order chi connectivity index (χ0) is 12.1. The first-order valence-electron chi connectivity index (χ1n) is 5.31. The normalized spacial score (nSPS) is 11.5. The highest BCUT2D eigenvalue weighted by molar-refractivity contribution is 5.98. The second-order valence-corrected chi connectivity index (χ2v) is 3.40. The standard InChI is InChI=1S/C11H13N5O/c1-3-17-13-9(2)10-4-6-11(7-5-10)16-8-12-14-15-16/h4-8H,3H2,1-2H3. The summed E-state index contributed by atoms with van der Waals surface area (Å²) < 4.78 is 1.60. The van der Waals surface area contributed by atoms with E-state index in [0.29, 0.717) is 6.61 Å². The highest BCUT2D eigenvalue weighted by Gasteiger charge is 2.00. The van der Waals surface area contributed by atoms with Gasteiger partial charge in [0.15, 0.2) is 0 Å². The van der Waals surface area contributed by atoms with Crippen LogP contribution in [0.1, 0.15) is 19.4 Å². The lowest BCUT2D eigenvalue weighted by molar-refractivity contribution is 0.159. The zero-order valence-corrected chi connectivity index (χ0v) is 9.74. The molecule has 6 nitrogen and oxygen atoms in total. The van der Waals surface area contributed by atoms with Crippen LogP contribution in [0.25, 0.3) is 5.69 Å². The van der Waals surface area contributed by atoms with Gasteiger partial charge in [-0.25, -0.2) is 4.68 Å². The number of hydrogen-bond donors (Lipinski definition) is 0. The number of hydrogen-bond acceptors (Lipinski definition) is 5. The Kier molecular flexibility index (Phi) is 3.44. The number of aromatic nitrogens is 4. The van der Waals surface area contributed by atoms with E-state index in [9.17, 15) is 0 Å². The van der Waals surface area contributed by atoms with Crippen LogP contribution in [0.5, 0.6) is 0 Å². The molecule has 0 fully saturated rings. The molecule has 0 radical (unpaired) electrons. The number of nitrogens with zero attached hydrogens (tertiary/aromatic N) is 5. The number of rotatable bonds is 4. The van der Waals surface area contributed by atoms with E-state index in [-0.39, 0.29) is 0 Å². The SMILES string of the molecule is CCON=C(C)c1ccc(-n2cnnn2)cc1. The van der Waals surface area contributed by atoms with E-state index in [0.717, 1.165) is 17.0 Å². The van der Waals surface area contributed by atoms with E-state index < -0.39 is 0 Å². The van der Waals surface area contributed by atoms with Crippen molar-refractivity contribution in [3.63, 3.8) is 0 Å². The van der Waals surface area contributed by atoms with Gasteiger partial charge in [0.05, 0.1) is 11.4 Å². The first kappa shape index (κ1) is 11.3. The minimum absolute atomic E-state index is 0.569. The molecule has 0 saturated carbocycles. The number of oxime groups is 1. The Balaban J connectivity index is 2.19. The van der Waals surface area contributed by atoms with Crippen LogP contribution >= 0.6 is 0 Å². The third-order valence-corrected chi connectivity index (χ3v) is 2.23. The summed E-state index contributed by atoms with van der Waals surface area (Å²) >= 11 is 0. The van der Waals surface area contributed by atoms with Gasteiger partial charge in [0.25, 0.3) is 0 Å². The summed E-state index contributed by atoms with van der Waals surface area (Å²) in [4.78, 5) is 5.00. The van der Waals surface area contributed by atoms with Gasteiger partial charge in [0.2, 0.25) is 0 Å². The molecule has 0 aliphatic rings. The first-order chi connectivity index (χ1) is 8.31. The summed E-state index contributed by atoms with van der Waals surface area (Å²) in [6, 6.07) is 7.76. The highest BCUT2D eigenvalue weighted by atomic mass is 16.6. The summed E-state index contributed by atoms with van der Waals surface area (Å²) in [5.41, 5.74) is 2.76. The summed E-state index contributed by atoms with van der Waals surface area (Å²) in [7, 11) is 0. The van der Waals surface area contributed by atoms with E-state index in [1.165, 1.54) is 0 Å². The largest absolute Gasteiger partial charge is 0.396 e. The fourth-order valence-electron chi connectivity index (χ4n) is 1.35. The molecule has 0 unspecified atom stereocenters. The topological polar surface area (TPSA) is 65.2 Å². The van der Waals surface area contributed by atoms with Crippen molar-refractivity contribution in [2.75, 3.05) is 6.61 Å². The Morgan fingerprint density at radius 2 is 2.12 bits per heavy atom. The smallest absolute Gasteiger partial charge is 0.143 e. The Morgan fingerprint density at radius 1 is 1.35 bits per heavy atom. The van der Waals surface area contributed by atoms with Crippen LogP contribution in [0.2, 0.25) is 0 Å². The first-order valence-corrected chi connectivity index (χ1v) is 5.31. The van der Waals surface area contributed by atoms with Crippen molar-refractivity contribution in [2.24, 2.45) is 5.16 Å². The monoisotopic (exact) mass is 231 g/mol. The van der Waals surface area contributed by atoms with E-state index in [4.69, 9.17) is 4.84 Å². The van der Waals surface area contributed by atoms with Gasteiger partial charge in [0.1, 0.15) is 12.9 Å². The number of benzene rings is 1. The lowest BCUT2D eigenvalue weighted by Gasteiger charge is -2.03. The molecule has 0 bridgehead atoms. The molecule has 17 heavy (non-hydrogen) atoms. The summed E-state index contributed by atoms with van der Waals surface area (Å²) in [6.07, 6.45) is 1.55. The quantitative estimate of drug-likeness (QED) is 0.589. The molecule has 1 aromatic carbocycles. The Hall–Kier alpha value is -2.24. The van der Waals surface area contributed by atoms with Crippen molar-refractivity contribution in [3.8, 4) is 5.69 Å². The van der Waals surface area contributed by atoms with E-state index >= 15 is 0 Å². The third kappa shape index (κ3) is 2.66. The van der Waals surface area contributed by atoms with Gasteiger partial charge in [-0.15, -0.1) is 5.10 Å². The van der Waals surface area contributed by atoms with E-state index in [1.54, 1.807) is 11.0 Å². The van der Waals surface area contributed by atoms with Gasteiger partial charge in [-0.2, -0.15) is 0 Å². The van der Waals surface area contributed by atoms with Gasteiger partial charge in [0, 0.05) is 0 Å². The molecular weight excluding hydrogens is 218 g/mol. The zero-order valence-electron chi connectivity index (χ0n) is 9.74.